The second kappa shape index (κ2) is 7.74. The van der Waals surface area contributed by atoms with Crippen molar-refractivity contribution in [2.24, 2.45) is 0 Å². The molecule has 0 saturated heterocycles. The number of pyridine rings is 1. The number of hydrogen-bond donors (Lipinski definition) is 2. The summed E-state index contributed by atoms with van der Waals surface area (Å²) in [5.41, 5.74) is 1.14. The highest BCUT2D eigenvalue weighted by molar-refractivity contribution is 6.06. The van der Waals surface area contributed by atoms with Gasteiger partial charge in [0.2, 0.25) is 5.56 Å². The Kier molecular flexibility index (Phi) is 5.21. The van der Waals surface area contributed by atoms with Crippen molar-refractivity contribution in [3.63, 3.8) is 0 Å². The van der Waals surface area contributed by atoms with E-state index in [4.69, 9.17) is 9.47 Å². The van der Waals surface area contributed by atoms with E-state index in [0.29, 0.717) is 5.69 Å². The standard InChI is InChI=1S/C20H17FN2O4/c1-12-3-5-16(27-17-6-4-13(21)10-18(17)26-2)15(9-12)20(25)23-14-7-8-22-19(24)11-14/h3-11H,1-2H3,(H2,22,23,24,25). The molecule has 0 unspecified atom stereocenters. The molecule has 2 N–H and O–H groups in total. The number of aryl methyl sites for hydroxylation is 1. The van der Waals surface area contributed by atoms with Crippen LogP contribution in [0.25, 0.3) is 0 Å². The van der Waals surface area contributed by atoms with Gasteiger partial charge >= 0.3 is 0 Å². The number of carbonyl (C=O) groups is 1. The number of halogens is 1. The molecule has 6 nitrogen and oxygen atoms in total. The third kappa shape index (κ3) is 4.33. The van der Waals surface area contributed by atoms with Gasteiger partial charge in [-0.1, -0.05) is 11.6 Å². The number of amides is 1. The molecule has 2 aromatic carbocycles. The van der Waals surface area contributed by atoms with Gasteiger partial charge in [0.05, 0.1) is 12.7 Å². The van der Waals surface area contributed by atoms with Crippen LogP contribution in [-0.2, 0) is 0 Å². The maximum Gasteiger partial charge on any atom is 0.259 e. The number of rotatable bonds is 5. The Morgan fingerprint density at radius 3 is 2.56 bits per heavy atom. The fourth-order valence-corrected chi connectivity index (χ4v) is 2.48. The quantitative estimate of drug-likeness (QED) is 0.716. The average molecular weight is 368 g/mol. The Balaban J connectivity index is 1.93. The van der Waals surface area contributed by atoms with Crippen molar-refractivity contribution in [1.82, 2.24) is 4.98 Å². The highest BCUT2D eigenvalue weighted by Gasteiger charge is 2.16. The van der Waals surface area contributed by atoms with Crippen molar-refractivity contribution in [2.45, 2.75) is 6.92 Å². The zero-order valence-electron chi connectivity index (χ0n) is 14.7. The minimum absolute atomic E-state index is 0.205. The zero-order chi connectivity index (χ0) is 19.4. The molecule has 0 atom stereocenters. The molecule has 0 fully saturated rings. The third-order valence-electron chi connectivity index (χ3n) is 3.76. The Hall–Kier alpha value is -3.61. The van der Waals surface area contributed by atoms with Gasteiger partial charge in [0, 0.05) is 24.0 Å². The van der Waals surface area contributed by atoms with Gasteiger partial charge < -0.3 is 19.8 Å². The molecular weight excluding hydrogens is 351 g/mol. The predicted octanol–water partition coefficient (Wildman–Crippen LogP) is 3.88. The van der Waals surface area contributed by atoms with Gasteiger partial charge in [-0.25, -0.2) is 4.39 Å². The molecule has 1 aromatic heterocycles. The van der Waals surface area contributed by atoms with E-state index in [2.05, 4.69) is 10.3 Å². The number of aromatic nitrogens is 1. The number of H-pyrrole nitrogens is 1. The minimum atomic E-state index is -0.463. The number of anilines is 1. The number of hydrogen-bond acceptors (Lipinski definition) is 4. The van der Waals surface area contributed by atoms with Crippen molar-refractivity contribution >= 4 is 11.6 Å². The van der Waals surface area contributed by atoms with Gasteiger partial charge in [0.15, 0.2) is 11.5 Å². The molecule has 1 amide bonds. The largest absolute Gasteiger partial charge is 0.493 e. The van der Waals surface area contributed by atoms with Gasteiger partial charge in [0.25, 0.3) is 5.91 Å². The van der Waals surface area contributed by atoms with Crippen molar-refractivity contribution < 1.29 is 18.7 Å². The topological polar surface area (TPSA) is 80.4 Å². The van der Waals surface area contributed by atoms with Gasteiger partial charge in [-0.3, -0.25) is 9.59 Å². The van der Waals surface area contributed by atoms with Gasteiger partial charge in [-0.15, -0.1) is 0 Å². The maximum absolute atomic E-state index is 13.4. The average Bonchev–Trinajstić information content (AvgIpc) is 2.64. The first-order valence-corrected chi connectivity index (χ1v) is 8.08. The molecule has 0 saturated carbocycles. The number of carbonyl (C=O) groups excluding carboxylic acids is 1. The fraction of sp³-hybridized carbons (Fsp3) is 0.100. The first-order chi connectivity index (χ1) is 13.0. The zero-order valence-corrected chi connectivity index (χ0v) is 14.7. The molecule has 3 aromatic rings. The molecule has 0 spiro atoms. The SMILES string of the molecule is COc1cc(F)ccc1Oc1ccc(C)cc1C(=O)Nc1cc[nH]c(=O)c1. The summed E-state index contributed by atoms with van der Waals surface area (Å²) in [5.74, 6) is -0.159. The van der Waals surface area contributed by atoms with E-state index in [0.717, 1.165) is 5.56 Å². The monoisotopic (exact) mass is 368 g/mol. The molecule has 0 bridgehead atoms. The van der Waals surface area contributed by atoms with Gasteiger partial charge in [-0.05, 0) is 37.3 Å². The predicted molar refractivity (Wildman–Crippen MR) is 99.2 cm³/mol. The summed E-state index contributed by atoms with van der Waals surface area (Å²) in [5, 5.41) is 2.66. The van der Waals surface area contributed by atoms with Crippen LogP contribution in [0.4, 0.5) is 10.1 Å². The van der Waals surface area contributed by atoms with E-state index in [1.165, 1.54) is 37.6 Å². The Bertz CT molecular complexity index is 1050. The Morgan fingerprint density at radius 1 is 1.04 bits per heavy atom. The van der Waals surface area contributed by atoms with Crippen LogP contribution in [0.1, 0.15) is 15.9 Å². The summed E-state index contributed by atoms with van der Waals surface area (Å²) in [6.45, 7) is 1.84. The van der Waals surface area contributed by atoms with Crippen LogP contribution < -0.4 is 20.3 Å². The molecule has 0 aliphatic carbocycles. The smallest absolute Gasteiger partial charge is 0.259 e. The lowest BCUT2D eigenvalue weighted by Gasteiger charge is -2.14. The van der Waals surface area contributed by atoms with Crippen LogP contribution in [-0.4, -0.2) is 18.0 Å². The Labute approximate surface area is 154 Å². The van der Waals surface area contributed by atoms with Crippen LogP contribution in [0.15, 0.2) is 59.5 Å². The number of benzene rings is 2. The van der Waals surface area contributed by atoms with Crippen LogP contribution in [0, 0.1) is 12.7 Å². The third-order valence-corrected chi connectivity index (χ3v) is 3.76. The van der Waals surface area contributed by atoms with Crippen LogP contribution in [0.2, 0.25) is 0 Å². The fourth-order valence-electron chi connectivity index (χ4n) is 2.48. The number of aromatic amines is 1. The molecular formula is C20H17FN2O4. The normalized spacial score (nSPS) is 10.3. The Morgan fingerprint density at radius 2 is 1.81 bits per heavy atom. The molecule has 27 heavy (non-hydrogen) atoms. The van der Waals surface area contributed by atoms with E-state index in [-0.39, 0.29) is 28.4 Å². The van der Waals surface area contributed by atoms with Crippen molar-refractivity contribution in [3.8, 4) is 17.2 Å². The van der Waals surface area contributed by atoms with Crippen LogP contribution >= 0.6 is 0 Å². The van der Waals surface area contributed by atoms with Gasteiger partial charge in [-0.2, -0.15) is 0 Å². The first kappa shape index (κ1) is 18.2. The van der Waals surface area contributed by atoms with Crippen LogP contribution in [0.3, 0.4) is 0 Å². The first-order valence-electron chi connectivity index (χ1n) is 8.08. The summed E-state index contributed by atoms with van der Waals surface area (Å²) in [6, 6.07) is 11.8. The van der Waals surface area contributed by atoms with Crippen molar-refractivity contribution in [1.29, 1.82) is 0 Å². The molecule has 7 heteroatoms. The van der Waals surface area contributed by atoms with E-state index >= 15 is 0 Å². The molecule has 0 radical (unpaired) electrons. The summed E-state index contributed by atoms with van der Waals surface area (Å²) in [6.07, 6.45) is 1.44. The van der Waals surface area contributed by atoms with Gasteiger partial charge in [0.1, 0.15) is 11.6 Å². The second-order valence-corrected chi connectivity index (χ2v) is 5.79. The number of nitrogens with one attached hydrogen (secondary N) is 2. The second-order valence-electron chi connectivity index (χ2n) is 5.79. The van der Waals surface area contributed by atoms with E-state index in [1.807, 2.05) is 6.92 Å². The number of ether oxygens (including phenoxy) is 2. The number of methoxy groups -OCH3 is 1. The lowest BCUT2D eigenvalue weighted by molar-refractivity contribution is 0.102. The molecule has 0 aliphatic rings. The van der Waals surface area contributed by atoms with E-state index in [9.17, 15) is 14.0 Å². The maximum atomic E-state index is 13.4. The summed E-state index contributed by atoms with van der Waals surface area (Å²) in [7, 11) is 1.40. The van der Waals surface area contributed by atoms with E-state index < -0.39 is 11.7 Å². The molecule has 138 valence electrons. The minimum Gasteiger partial charge on any atom is -0.493 e. The molecule has 1 heterocycles. The summed E-state index contributed by atoms with van der Waals surface area (Å²) < 4.78 is 24.3. The summed E-state index contributed by atoms with van der Waals surface area (Å²) in [4.78, 5) is 26.6. The van der Waals surface area contributed by atoms with Crippen molar-refractivity contribution in [2.75, 3.05) is 12.4 Å². The highest BCUT2D eigenvalue weighted by Crippen LogP contribution is 2.34. The van der Waals surface area contributed by atoms with Crippen molar-refractivity contribution in [3.05, 3.63) is 82.0 Å². The van der Waals surface area contributed by atoms with E-state index in [1.54, 1.807) is 24.3 Å². The lowest BCUT2D eigenvalue weighted by Crippen LogP contribution is -2.15. The highest BCUT2D eigenvalue weighted by atomic mass is 19.1. The van der Waals surface area contributed by atoms with Crippen LogP contribution in [0.5, 0.6) is 17.2 Å². The summed E-state index contributed by atoms with van der Waals surface area (Å²) >= 11 is 0. The lowest BCUT2D eigenvalue weighted by atomic mass is 10.1. The molecule has 3 rings (SSSR count). The molecule has 0 aliphatic heterocycles.